The number of hydrogen-bond donors (Lipinski definition) is 0. The van der Waals surface area contributed by atoms with Gasteiger partial charge in [0, 0.05) is 24.7 Å². The smallest absolute Gasteiger partial charge is 0.338 e. The van der Waals surface area contributed by atoms with E-state index in [-0.39, 0.29) is 28.8 Å². The molecule has 0 unspecified atom stereocenters. The van der Waals surface area contributed by atoms with Gasteiger partial charge in [0.15, 0.2) is 5.79 Å². The average molecular weight is 495 g/mol. The molecular formula is C31H42O5. The Kier molecular flexibility index (Phi) is 6.11. The van der Waals surface area contributed by atoms with E-state index in [2.05, 4.69) is 20.8 Å². The number of carbonyl (C=O) groups is 2. The van der Waals surface area contributed by atoms with Crippen LogP contribution >= 0.6 is 0 Å². The number of ether oxygens (including phenoxy) is 3. The molecular weight excluding hydrogens is 452 g/mol. The van der Waals surface area contributed by atoms with Crippen molar-refractivity contribution in [2.24, 2.45) is 46.3 Å². The van der Waals surface area contributed by atoms with Crippen LogP contribution in [0.2, 0.25) is 0 Å². The van der Waals surface area contributed by atoms with Crippen molar-refractivity contribution < 1.29 is 23.8 Å². The molecule has 0 bridgehead atoms. The third kappa shape index (κ3) is 3.71. The lowest BCUT2D eigenvalue weighted by Crippen LogP contribution is -2.60. The fraction of sp³-hybridized carbons (Fsp3) is 0.742. The van der Waals surface area contributed by atoms with Crippen molar-refractivity contribution >= 4 is 12.3 Å². The van der Waals surface area contributed by atoms with Crippen molar-refractivity contribution in [2.45, 2.75) is 84.0 Å². The quantitative estimate of drug-likeness (QED) is 0.376. The molecule has 1 aliphatic heterocycles. The van der Waals surface area contributed by atoms with Gasteiger partial charge in [-0.15, -0.1) is 0 Å². The van der Waals surface area contributed by atoms with Gasteiger partial charge in [-0.25, -0.2) is 4.79 Å². The zero-order chi connectivity index (χ0) is 25.1. The highest BCUT2D eigenvalue weighted by Gasteiger charge is 2.65. The molecule has 1 aromatic rings. The van der Waals surface area contributed by atoms with Crippen molar-refractivity contribution in [3.63, 3.8) is 0 Å². The van der Waals surface area contributed by atoms with Gasteiger partial charge in [-0.3, -0.25) is 0 Å². The minimum atomic E-state index is -0.438. The van der Waals surface area contributed by atoms with Crippen LogP contribution in [0.5, 0.6) is 0 Å². The highest BCUT2D eigenvalue weighted by Crippen LogP contribution is 2.69. The number of fused-ring (bicyclic) bond motifs is 5. The van der Waals surface area contributed by atoms with Gasteiger partial charge < -0.3 is 19.0 Å². The molecule has 5 fully saturated rings. The number of aldehydes is 1. The van der Waals surface area contributed by atoms with E-state index in [9.17, 15) is 9.59 Å². The maximum Gasteiger partial charge on any atom is 0.338 e. The fourth-order valence-corrected chi connectivity index (χ4v) is 9.80. The first-order chi connectivity index (χ1) is 17.3. The van der Waals surface area contributed by atoms with Gasteiger partial charge in [0.05, 0.1) is 18.8 Å². The molecule has 6 rings (SSSR count). The minimum absolute atomic E-state index is 0.0833. The van der Waals surface area contributed by atoms with Crippen LogP contribution in [-0.4, -0.2) is 37.4 Å². The van der Waals surface area contributed by atoms with E-state index < -0.39 is 5.79 Å². The number of hydrogen-bond acceptors (Lipinski definition) is 5. The molecule has 4 saturated carbocycles. The van der Waals surface area contributed by atoms with E-state index in [1.54, 1.807) is 0 Å². The molecule has 1 spiro atoms. The van der Waals surface area contributed by atoms with Gasteiger partial charge in [0.1, 0.15) is 12.4 Å². The SMILES string of the molecule is C[C@H](C=O)[C@H]1CC[C@H]2[C@@H]3[C@H](OC(=O)c4ccccc4)C[C@H]4CC5(CC[C@]4(C)[C@H]3CC[C@]12C)OCCO5. The van der Waals surface area contributed by atoms with Crippen LogP contribution in [0.4, 0.5) is 0 Å². The molecule has 1 heterocycles. The van der Waals surface area contributed by atoms with E-state index in [1.165, 1.54) is 6.42 Å². The van der Waals surface area contributed by atoms with Crippen LogP contribution < -0.4 is 0 Å². The molecule has 5 aliphatic rings. The third-order valence-corrected chi connectivity index (χ3v) is 11.7. The Balaban J connectivity index is 1.34. The zero-order valence-corrected chi connectivity index (χ0v) is 22.1. The predicted octanol–water partition coefficient (Wildman–Crippen LogP) is 6.06. The second-order valence-corrected chi connectivity index (χ2v) is 13.1. The van der Waals surface area contributed by atoms with Gasteiger partial charge in [0.2, 0.25) is 0 Å². The molecule has 0 amide bonds. The summed E-state index contributed by atoms with van der Waals surface area (Å²) in [5.74, 6) is 1.63. The Bertz CT molecular complexity index is 986. The second-order valence-electron chi connectivity index (χ2n) is 13.1. The number of rotatable bonds is 4. The average Bonchev–Trinajstić information content (AvgIpc) is 3.49. The summed E-state index contributed by atoms with van der Waals surface area (Å²) < 4.78 is 18.8. The molecule has 36 heavy (non-hydrogen) atoms. The van der Waals surface area contributed by atoms with Crippen LogP contribution in [0, 0.1) is 46.3 Å². The van der Waals surface area contributed by atoms with Crippen LogP contribution in [-0.2, 0) is 19.0 Å². The van der Waals surface area contributed by atoms with Gasteiger partial charge in [0.25, 0.3) is 0 Å². The Labute approximate surface area is 215 Å². The first kappa shape index (κ1) is 24.6. The minimum Gasteiger partial charge on any atom is -0.458 e. The summed E-state index contributed by atoms with van der Waals surface area (Å²) in [7, 11) is 0. The molecule has 4 aliphatic carbocycles. The highest BCUT2D eigenvalue weighted by atomic mass is 16.7. The van der Waals surface area contributed by atoms with Gasteiger partial charge in [-0.05, 0) is 85.2 Å². The summed E-state index contributed by atoms with van der Waals surface area (Å²) in [5, 5.41) is 0. The summed E-state index contributed by atoms with van der Waals surface area (Å²) in [6.45, 7) is 8.41. The van der Waals surface area contributed by atoms with E-state index >= 15 is 0 Å². The Hall–Kier alpha value is -1.72. The van der Waals surface area contributed by atoms with E-state index in [4.69, 9.17) is 14.2 Å². The summed E-state index contributed by atoms with van der Waals surface area (Å²) in [6, 6.07) is 9.44. The Morgan fingerprint density at radius 3 is 2.44 bits per heavy atom. The monoisotopic (exact) mass is 494 g/mol. The molecule has 1 saturated heterocycles. The molecule has 5 heteroatoms. The topological polar surface area (TPSA) is 61.8 Å². The van der Waals surface area contributed by atoms with Crippen molar-refractivity contribution in [1.82, 2.24) is 0 Å². The van der Waals surface area contributed by atoms with Crippen molar-refractivity contribution in [2.75, 3.05) is 13.2 Å². The van der Waals surface area contributed by atoms with E-state index in [0.29, 0.717) is 48.4 Å². The molecule has 0 aromatic heterocycles. The molecule has 0 N–H and O–H groups in total. The third-order valence-electron chi connectivity index (χ3n) is 11.7. The summed E-state index contributed by atoms with van der Waals surface area (Å²) >= 11 is 0. The normalized spacial score (nSPS) is 43.8. The largest absolute Gasteiger partial charge is 0.458 e. The molecule has 1 aromatic carbocycles. The zero-order valence-electron chi connectivity index (χ0n) is 22.1. The molecule has 9 atom stereocenters. The van der Waals surface area contributed by atoms with Crippen LogP contribution in [0.1, 0.15) is 82.5 Å². The summed E-state index contributed by atoms with van der Waals surface area (Å²) in [4.78, 5) is 25.2. The van der Waals surface area contributed by atoms with E-state index in [0.717, 1.165) is 51.2 Å². The van der Waals surface area contributed by atoms with Crippen LogP contribution in [0.15, 0.2) is 30.3 Å². The van der Waals surface area contributed by atoms with Gasteiger partial charge >= 0.3 is 5.97 Å². The second kappa shape index (κ2) is 8.94. The van der Waals surface area contributed by atoms with Crippen LogP contribution in [0.3, 0.4) is 0 Å². The van der Waals surface area contributed by atoms with Gasteiger partial charge in [-0.1, -0.05) is 39.0 Å². The maximum atomic E-state index is 13.3. The first-order valence-corrected chi connectivity index (χ1v) is 14.3. The Morgan fingerprint density at radius 2 is 1.72 bits per heavy atom. The standard InChI is InChI=1S/C31H42O5/c1-20(19-32)23-9-10-24-27-25(11-12-30(23,24)3)29(2)13-14-31(34-15-16-35-31)18-22(29)17-26(27)36-28(33)21-7-5-4-6-8-21/h4-8,19-20,22-27H,9-18H2,1-3H3/t20-,22+,23-,24+,25+,26-,27+,29+,30-/m1/s1. The highest BCUT2D eigenvalue weighted by molar-refractivity contribution is 5.89. The maximum absolute atomic E-state index is 13.3. The lowest BCUT2D eigenvalue weighted by atomic mass is 9.43. The van der Waals surface area contributed by atoms with Crippen molar-refractivity contribution in [3.05, 3.63) is 35.9 Å². The van der Waals surface area contributed by atoms with Gasteiger partial charge in [-0.2, -0.15) is 0 Å². The molecule has 5 nitrogen and oxygen atoms in total. The molecule has 196 valence electrons. The van der Waals surface area contributed by atoms with Crippen molar-refractivity contribution in [1.29, 1.82) is 0 Å². The van der Waals surface area contributed by atoms with Crippen LogP contribution in [0.25, 0.3) is 0 Å². The predicted molar refractivity (Wildman–Crippen MR) is 136 cm³/mol. The molecule has 0 radical (unpaired) electrons. The lowest BCUT2D eigenvalue weighted by molar-refractivity contribution is -0.242. The number of esters is 1. The first-order valence-electron chi connectivity index (χ1n) is 14.3. The van der Waals surface area contributed by atoms with Crippen molar-refractivity contribution in [3.8, 4) is 0 Å². The Morgan fingerprint density at radius 1 is 1.00 bits per heavy atom. The summed E-state index contributed by atoms with van der Waals surface area (Å²) in [6.07, 6.45) is 9.47. The number of benzene rings is 1. The number of carbonyl (C=O) groups excluding carboxylic acids is 2. The van der Waals surface area contributed by atoms with E-state index in [1.807, 2.05) is 30.3 Å². The lowest BCUT2D eigenvalue weighted by Gasteiger charge is -2.63. The fourth-order valence-electron chi connectivity index (χ4n) is 9.80. The summed E-state index contributed by atoms with van der Waals surface area (Å²) in [5.41, 5.74) is 0.967.